The van der Waals surface area contributed by atoms with Gasteiger partial charge in [0.1, 0.15) is 0 Å². The molecular formula is C10H23N3. The third kappa shape index (κ3) is 3.63. The lowest BCUT2D eigenvalue weighted by molar-refractivity contribution is 0.260. The van der Waals surface area contributed by atoms with E-state index in [-0.39, 0.29) is 0 Å². The average molecular weight is 185 g/mol. The molecule has 0 amide bonds. The standard InChI is InChI=1S/C10H23N3/c1-2-13-8-3-5-10(13)9-12-7-4-6-11/h10,12H,2-9,11H2,1H3/t10-/m0/s1. The molecule has 0 aliphatic carbocycles. The van der Waals surface area contributed by atoms with Crippen LogP contribution in [0.2, 0.25) is 0 Å². The van der Waals surface area contributed by atoms with Crippen molar-refractivity contribution in [2.45, 2.75) is 32.2 Å². The number of hydrogen-bond donors (Lipinski definition) is 2. The first kappa shape index (κ1) is 11.0. The van der Waals surface area contributed by atoms with Gasteiger partial charge in [0.2, 0.25) is 0 Å². The van der Waals surface area contributed by atoms with Crippen LogP contribution in [-0.2, 0) is 0 Å². The molecule has 1 heterocycles. The van der Waals surface area contributed by atoms with Crippen molar-refractivity contribution in [3.05, 3.63) is 0 Å². The van der Waals surface area contributed by atoms with Crippen LogP contribution in [0.1, 0.15) is 26.2 Å². The summed E-state index contributed by atoms with van der Waals surface area (Å²) in [5.74, 6) is 0. The Labute approximate surface area is 81.7 Å². The van der Waals surface area contributed by atoms with Crippen LogP contribution < -0.4 is 11.1 Å². The maximum atomic E-state index is 5.43. The molecule has 0 spiro atoms. The second-order valence-electron chi connectivity index (χ2n) is 3.77. The fraction of sp³-hybridized carbons (Fsp3) is 1.00. The molecule has 0 aromatic heterocycles. The van der Waals surface area contributed by atoms with Crippen molar-refractivity contribution < 1.29 is 0 Å². The van der Waals surface area contributed by atoms with Crippen molar-refractivity contribution in [2.24, 2.45) is 5.73 Å². The Balaban J connectivity index is 2.06. The van der Waals surface area contributed by atoms with E-state index in [4.69, 9.17) is 5.73 Å². The number of hydrogen-bond acceptors (Lipinski definition) is 3. The predicted octanol–water partition coefficient (Wildman–Crippen LogP) is 0.409. The van der Waals surface area contributed by atoms with Crippen LogP contribution in [0.3, 0.4) is 0 Å². The minimum absolute atomic E-state index is 0.780. The summed E-state index contributed by atoms with van der Waals surface area (Å²) in [5, 5.41) is 3.47. The first-order valence-corrected chi connectivity index (χ1v) is 5.53. The second kappa shape index (κ2) is 6.35. The molecule has 3 heteroatoms. The van der Waals surface area contributed by atoms with Crippen molar-refractivity contribution in [2.75, 3.05) is 32.7 Å². The van der Waals surface area contributed by atoms with Gasteiger partial charge in [-0.25, -0.2) is 0 Å². The van der Waals surface area contributed by atoms with Crippen LogP contribution in [0.4, 0.5) is 0 Å². The zero-order valence-electron chi connectivity index (χ0n) is 8.76. The van der Waals surface area contributed by atoms with Gasteiger partial charge in [-0.1, -0.05) is 6.92 Å². The molecule has 1 rings (SSSR count). The minimum atomic E-state index is 0.780. The van der Waals surface area contributed by atoms with E-state index in [1.54, 1.807) is 0 Å². The van der Waals surface area contributed by atoms with Gasteiger partial charge in [0.15, 0.2) is 0 Å². The Kier molecular flexibility index (Phi) is 5.35. The second-order valence-corrected chi connectivity index (χ2v) is 3.77. The summed E-state index contributed by atoms with van der Waals surface area (Å²) in [6.45, 7) is 7.76. The first-order chi connectivity index (χ1) is 6.38. The van der Waals surface area contributed by atoms with Crippen molar-refractivity contribution >= 4 is 0 Å². The van der Waals surface area contributed by atoms with Crippen LogP contribution in [0.5, 0.6) is 0 Å². The maximum absolute atomic E-state index is 5.43. The number of nitrogens with zero attached hydrogens (tertiary/aromatic N) is 1. The molecule has 1 saturated heterocycles. The van der Waals surface area contributed by atoms with Gasteiger partial charge in [-0.05, 0) is 45.4 Å². The summed E-state index contributed by atoms with van der Waals surface area (Å²) in [6, 6.07) is 0.780. The van der Waals surface area contributed by atoms with Crippen LogP contribution in [0, 0.1) is 0 Å². The van der Waals surface area contributed by atoms with Crippen LogP contribution in [0.25, 0.3) is 0 Å². The quantitative estimate of drug-likeness (QED) is 0.589. The molecule has 0 aromatic rings. The van der Waals surface area contributed by atoms with Crippen molar-refractivity contribution in [1.82, 2.24) is 10.2 Å². The van der Waals surface area contributed by atoms with Crippen LogP contribution in [-0.4, -0.2) is 43.7 Å². The van der Waals surface area contributed by atoms with Crippen molar-refractivity contribution in [3.63, 3.8) is 0 Å². The molecule has 0 unspecified atom stereocenters. The van der Waals surface area contributed by atoms with Gasteiger partial charge in [-0.15, -0.1) is 0 Å². The lowest BCUT2D eigenvalue weighted by Crippen LogP contribution is -2.38. The fourth-order valence-electron chi connectivity index (χ4n) is 2.04. The highest BCUT2D eigenvalue weighted by Crippen LogP contribution is 2.15. The van der Waals surface area contributed by atoms with E-state index in [2.05, 4.69) is 17.1 Å². The zero-order chi connectivity index (χ0) is 9.52. The number of rotatable bonds is 6. The van der Waals surface area contributed by atoms with E-state index in [0.29, 0.717) is 0 Å². The molecule has 1 atom stereocenters. The van der Waals surface area contributed by atoms with Gasteiger partial charge >= 0.3 is 0 Å². The monoisotopic (exact) mass is 185 g/mol. The number of likely N-dealkylation sites (N-methyl/N-ethyl adjacent to an activating group) is 1. The Hall–Kier alpha value is -0.120. The third-order valence-electron chi connectivity index (χ3n) is 2.84. The van der Waals surface area contributed by atoms with Gasteiger partial charge in [0, 0.05) is 12.6 Å². The van der Waals surface area contributed by atoms with Crippen molar-refractivity contribution in [1.29, 1.82) is 0 Å². The Bertz CT molecular complexity index is 127. The smallest absolute Gasteiger partial charge is 0.0220 e. The zero-order valence-corrected chi connectivity index (χ0v) is 8.76. The largest absolute Gasteiger partial charge is 0.330 e. The van der Waals surface area contributed by atoms with Gasteiger partial charge in [0.25, 0.3) is 0 Å². The molecule has 3 N–H and O–H groups in total. The predicted molar refractivity (Wildman–Crippen MR) is 56.8 cm³/mol. The summed E-state index contributed by atoms with van der Waals surface area (Å²) >= 11 is 0. The van der Waals surface area contributed by atoms with Gasteiger partial charge in [-0.2, -0.15) is 0 Å². The van der Waals surface area contributed by atoms with E-state index >= 15 is 0 Å². The van der Waals surface area contributed by atoms with Gasteiger partial charge in [-0.3, -0.25) is 4.90 Å². The Morgan fingerprint density at radius 3 is 3.08 bits per heavy atom. The van der Waals surface area contributed by atoms with Crippen LogP contribution >= 0.6 is 0 Å². The van der Waals surface area contributed by atoms with Crippen LogP contribution in [0.15, 0.2) is 0 Å². The summed E-state index contributed by atoms with van der Waals surface area (Å²) in [7, 11) is 0. The average Bonchev–Trinajstić information content (AvgIpc) is 2.60. The maximum Gasteiger partial charge on any atom is 0.0220 e. The first-order valence-electron chi connectivity index (χ1n) is 5.53. The fourth-order valence-corrected chi connectivity index (χ4v) is 2.04. The molecule has 13 heavy (non-hydrogen) atoms. The van der Waals surface area contributed by atoms with E-state index in [1.165, 1.54) is 25.9 Å². The normalized spacial score (nSPS) is 24.0. The topological polar surface area (TPSA) is 41.3 Å². The number of nitrogens with two attached hydrogens (primary N) is 1. The minimum Gasteiger partial charge on any atom is -0.330 e. The molecule has 3 nitrogen and oxygen atoms in total. The van der Waals surface area contributed by atoms with E-state index in [0.717, 1.165) is 32.1 Å². The van der Waals surface area contributed by atoms with E-state index in [9.17, 15) is 0 Å². The molecule has 1 aliphatic heterocycles. The van der Waals surface area contributed by atoms with E-state index < -0.39 is 0 Å². The molecule has 78 valence electrons. The summed E-state index contributed by atoms with van der Waals surface area (Å²) in [6.07, 6.45) is 3.83. The van der Waals surface area contributed by atoms with E-state index in [1.807, 2.05) is 0 Å². The lowest BCUT2D eigenvalue weighted by Gasteiger charge is -2.22. The highest BCUT2D eigenvalue weighted by molar-refractivity contribution is 4.79. The number of nitrogens with one attached hydrogen (secondary N) is 1. The Morgan fingerprint density at radius 2 is 2.38 bits per heavy atom. The summed E-state index contributed by atoms with van der Waals surface area (Å²) in [5.41, 5.74) is 5.43. The van der Waals surface area contributed by atoms with Gasteiger partial charge in [0.05, 0.1) is 0 Å². The molecule has 0 bridgehead atoms. The molecule has 1 aliphatic rings. The SMILES string of the molecule is CCN1CCC[C@H]1CNCCCN. The molecule has 1 fully saturated rings. The van der Waals surface area contributed by atoms with Crippen molar-refractivity contribution in [3.8, 4) is 0 Å². The summed E-state index contributed by atoms with van der Waals surface area (Å²) < 4.78 is 0. The molecule has 0 saturated carbocycles. The molecule has 0 radical (unpaired) electrons. The summed E-state index contributed by atoms with van der Waals surface area (Å²) in [4.78, 5) is 2.56. The Morgan fingerprint density at radius 1 is 1.54 bits per heavy atom. The third-order valence-corrected chi connectivity index (χ3v) is 2.84. The highest BCUT2D eigenvalue weighted by atomic mass is 15.2. The van der Waals surface area contributed by atoms with Gasteiger partial charge < -0.3 is 11.1 Å². The highest BCUT2D eigenvalue weighted by Gasteiger charge is 2.21. The molecule has 0 aromatic carbocycles. The lowest BCUT2D eigenvalue weighted by atomic mass is 10.2. The molecular weight excluding hydrogens is 162 g/mol. The number of likely N-dealkylation sites (tertiary alicyclic amines) is 1.